The minimum absolute atomic E-state index is 0.0335. The zero-order valence-corrected chi connectivity index (χ0v) is 11.9. The van der Waals surface area contributed by atoms with Gasteiger partial charge in [0.1, 0.15) is 0 Å². The summed E-state index contributed by atoms with van der Waals surface area (Å²) in [6.45, 7) is 4.30. The van der Waals surface area contributed by atoms with E-state index >= 15 is 0 Å². The van der Waals surface area contributed by atoms with Gasteiger partial charge in [0.2, 0.25) is 5.91 Å². The van der Waals surface area contributed by atoms with Crippen molar-refractivity contribution in [1.29, 1.82) is 0 Å². The first kappa shape index (κ1) is 13.9. The topological polar surface area (TPSA) is 41.1 Å². The Labute approximate surface area is 111 Å². The third-order valence-electron chi connectivity index (χ3n) is 4.47. The van der Waals surface area contributed by atoms with Crippen LogP contribution < -0.4 is 10.6 Å². The van der Waals surface area contributed by atoms with Gasteiger partial charge in [-0.1, -0.05) is 26.2 Å². The van der Waals surface area contributed by atoms with Gasteiger partial charge in [-0.15, -0.1) is 0 Å². The number of hydrogen-bond acceptors (Lipinski definition) is 2. The molecule has 0 heterocycles. The van der Waals surface area contributed by atoms with Crippen LogP contribution in [0.3, 0.4) is 0 Å². The van der Waals surface area contributed by atoms with Gasteiger partial charge in [0.05, 0.1) is 6.04 Å². The summed E-state index contributed by atoms with van der Waals surface area (Å²) < 4.78 is 0. The molecule has 2 N–H and O–H groups in total. The lowest BCUT2D eigenvalue weighted by Gasteiger charge is -2.21. The Balaban J connectivity index is 1.72. The van der Waals surface area contributed by atoms with Gasteiger partial charge in [0.15, 0.2) is 0 Å². The van der Waals surface area contributed by atoms with Crippen LogP contribution in [-0.2, 0) is 4.79 Å². The summed E-state index contributed by atoms with van der Waals surface area (Å²) in [5.41, 5.74) is 0. The van der Waals surface area contributed by atoms with Gasteiger partial charge >= 0.3 is 0 Å². The number of carbonyl (C=O) groups excluding carboxylic acids is 1. The van der Waals surface area contributed by atoms with Gasteiger partial charge in [-0.25, -0.2) is 0 Å². The van der Waals surface area contributed by atoms with Crippen LogP contribution in [0.15, 0.2) is 0 Å². The van der Waals surface area contributed by atoms with Crippen LogP contribution in [0.4, 0.5) is 0 Å². The van der Waals surface area contributed by atoms with Crippen LogP contribution in [0.2, 0.25) is 0 Å². The number of nitrogens with one attached hydrogen (secondary N) is 2. The number of rotatable bonds is 5. The molecule has 18 heavy (non-hydrogen) atoms. The maximum atomic E-state index is 11.9. The van der Waals surface area contributed by atoms with E-state index in [1.807, 2.05) is 6.92 Å². The van der Waals surface area contributed by atoms with E-state index in [1.54, 1.807) is 0 Å². The van der Waals surface area contributed by atoms with E-state index < -0.39 is 0 Å². The highest BCUT2D eigenvalue weighted by atomic mass is 16.2. The van der Waals surface area contributed by atoms with Crippen LogP contribution in [-0.4, -0.2) is 24.0 Å². The average Bonchev–Trinajstić information content (AvgIpc) is 3.16. The van der Waals surface area contributed by atoms with E-state index in [9.17, 15) is 4.79 Å². The largest absolute Gasteiger partial charge is 0.352 e. The fraction of sp³-hybridized carbons (Fsp3) is 0.933. The summed E-state index contributed by atoms with van der Waals surface area (Å²) in [5, 5.41) is 6.60. The van der Waals surface area contributed by atoms with E-state index in [-0.39, 0.29) is 11.9 Å². The summed E-state index contributed by atoms with van der Waals surface area (Å²) in [7, 11) is 0. The molecule has 0 bridgehead atoms. The number of carbonyl (C=O) groups is 1. The van der Waals surface area contributed by atoms with Gasteiger partial charge in [-0.3, -0.25) is 4.79 Å². The van der Waals surface area contributed by atoms with Crippen molar-refractivity contribution < 1.29 is 4.79 Å². The summed E-state index contributed by atoms with van der Waals surface area (Å²) in [6.07, 6.45) is 10.1. The van der Waals surface area contributed by atoms with Gasteiger partial charge < -0.3 is 10.6 Å². The molecule has 2 aliphatic rings. The molecule has 2 saturated carbocycles. The highest BCUT2D eigenvalue weighted by molar-refractivity contribution is 5.81. The molecule has 0 radical (unpaired) electrons. The van der Waals surface area contributed by atoms with Crippen molar-refractivity contribution >= 4 is 5.91 Å². The molecule has 0 aromatic rings. The van der Waals surface area contributed by atoms with Crippen molar-refractivity contribution in [3.05, 3.63) is 0 Å². The maximum absolute atomic E-state index is 11.9. The van der Waals surface area contributed by atoms with Gasteiger partial charge in [-0.05, 0) is 44.9 Å². The summed E-state index contributed by atoms with van der Waals surface area (Å²) in [4.78, 5) is 11.9. The van der Waals surface area contributed by atoms with E-state index in [2.05, 4.69) is 17.6 Å². The zero-order valence-electron chi connectivity index (χ0n) is 11.9. The normalized spacial score (nSPS) is 30.6. The molecule has 0 aromatic heterocycles. The molecular weight excluding hydrogens is 224 g/mol. The number of hydrogen-bond donors (Lipinski definition) is 2. The molecule has 2 fully saturated rings. The SMILES string of the molecule is CCC1CCCC(NC(C)C(=O)NC2CC2)CC1. The lowest BCUT2D eigenvalue weighted by molar-refractivity contribution is -0.123. The molecule has 0 aromatic carbocycles. The molecule has 3 atom stereocenters. The average molecular weight is 252 g/mol. The minimum atomic E-state index is -0.0335. The van der Waals surface area contributed by atoms with Crippen molar-refractivity contribution in [3.8, 4) is 0 Å². The van der Waals surface area contributed by atoms with Crippen molar-refractivity contribution in [2.24, 2.45) is 5.92 Å². The Morgan fingerprint density at radius 3 is 2.50 bits per heavy atom. The lowest BCUT2D eigenvalue weighted by Crippen LogP contribution is -2.47. The van der Waals surface area contributed by atoms with Gasteiger partial charge in [0, 0.05) is 12.1 Å². The number of amides is 1. The van der Waals surface area contributed by atoms with Gasteiger partial charge in [-0.2, -0.15) is 0 Å². The van der Waals surface area contributed by atoms with Crippen LogP contribution >= 0.6 is 0 Å². The second kappa shape index (κ2) is 6.55. The minimum Gasteiger partial charge on any atom is -0.352 e. The second-order valence-electron chi connectivity index (χ2n) is 6.15. The first-order chi connectivity index (χ1) is 8.69. The Morgan fingerprint density at radius 1 is 1.11 bits per heavy atom. The Hall–Kier alpha value is -0.570. The smallest absolute Gasteiger partial charge is 0.237 e. The van der Waals surface area contributed by atoms with Gasteiger partial charge in [0.25, 0.3) is 0 Å². The molecule has 3 nitrogen and oxygen atoms in total. The Kier molecular flexibility index (Phi) is 5.04. The second-order valence-corrected chi connectivity index (χ2v) is 6.15. The lowest BCUT2D eigenvalue weighted by atomic mass is 9.98. The summed E-state index contributed by atoms with van der Waals surface area (Å²) in [6, 6.07) is 0.982. The van der Waals surface area contributed by atoms with Crippen molar-refractivity contribution in [3.63, 3.8) is 0 Å². The van der Waals surface area contributed by atoms with Crippen molar-refractivity contribution in [2.45, 2.75) is 83.3 Å². The molecule has 0 spiro atoms. The molecule has 1 amide bonds. The van der Waals surface area contributed by atoms with Crippen LogP contribution in [0, 0.1) is 5.92 Å². The fourth-order valence-corrected chi connectivity index (χ4v) is 2.94. The summed E-state index contributed by atoms with van der Waals surface area (Å²) in [5.74, 6) is 1.10. The van der Waals surface area contributed by atoms with E-state index in [1.165, 1.54) is 51.4 Å². The predicted octanol–water partition coefficient (Wildman–Crippen LogP) is 2.60. The van der Waals surface area contributed by atoms with E-state index in [0.717, 1.165) is 5.92 Å². The monoisotopic (exact) mass is 252 g/mol. The first-order valence-electron chi connectivity index (χ1n) is 7.75. The molecule has 2 aliphatic carbocycles. The molecule has 3 unspecified atom stereocenters. The first-order valence-corrected chi connectivity index (χ1v) is 7.75. The van der Waals surface area contributed by atoms with Crippen LogP contribution in [0.1, 0.15) is 65.2 Å². The molecule has 2 rings (SSSR count). The standard InChI is InChI=1S/C15H28N2O/c1-3-12-5-4-6-13(8-7-12)16-11(2)15(18)17-14-9-10-14/h11-14,16H,3-10H2,1-2H3,(H,17,18). The molecule has 0 aliphatic heterocycles. The van der Waals surface area contributed by atoms with E-state index in [4.69, 9.17) is 0 Å². The fourth-order valence-electron chi connectivity index (χ4n) is 2.94. The van der Waals surface area contributed by atoms with Crippen LogP contribution in [0.25, 0.3) is 0 Å². The zero-order chi connectivity index (χ0) is 13.0. The summed E-state index contributed by atoms with van der Waals surface area (Å²) >= 11 is 0. The molecule has 104 valence electrons. The molecule has 0 saturated heterocycles. The highest BCUT2D eigenvalue weighted by Crippen LogP contribution is 2.25. The molecular formula is C15H28N2O. The molecule has 3 heteroatoms. The van der Waals surface area contributed by atoms with E-state index in [0.29, 0.717) is 12.1 Å². The third kappa shape index (κ3) is 4.27. The van der Waals surface area contributed by atoms with Crippen molar-refractivity contribution in [2.75, 3.05) is 0 Å². The van der Waals surface area contributed by atoms with Crippen molar-refractivity contribution in [1.82, 2.24) is 10.6 Å². The maximum Gasteiger partial charge on any atom is 0.237 e. The Morgan fingerprint density at radius 2 is 1.83 bits per heavy atom. The highest BCUT2D eigenvalue weighted by Gasteiger charge is 2.27. The predicted molar refractivity (Wildman–Crippen MR) is 74.4 cm³/mol. The third-order valence-corrected chi connectivity index (χ3v) is 4.47. The van der Waals surface area contributed by atoms with Crippen LogP contribution in [0.5, 0.6) is 0 Å². The quantitative estimate of drug-likeness (QED) is 0.738. The Bertz CT molecular complexity index is 276.